The Kier molecular flexibility index (Phi) is 5.66. The van der Waals surface area contributed by atoms with Gasteiger partial charge in [-0.15, -0.1) is 0 Å². The minimum atomic E-state index is -0.931. The highest BCUT2D eigenvalue weighted by Gasteiger charge is 2.24. The number of hydrogen-bond acceptors (Lipinski definition) is 3. The van der Waals surface area contributed by atoms with Crippen molar-refractivity contribution in [2.75, 3.05) is 18.0 Å². The molecule has 1 aliphatic rings. The number of anilines is 1. The van der Waals surface area contributed by atoms with Crippen molar-refractivity contribution in [1.82, 2.24) is 5.32 Å². The van der Waals surface area contributed by atoms with E-state index in [0.717, 1.165) is 38.1 Å². The first-order valence-electron chi connectivity index (χ1n) is 8.73. The average Bonchev–Trinajstić information content (AvgIpc) is 2.64. The summed E-state index contributed by atoms with van der Waals surface area (Å²) in [5.41, 5.74) is 1.62. The highest BCUT2D eigenvalue weighted by molar-refractivity contribution is 5.46. The summed E-state index contributed by atoms with van der Waals surface area (Å²) in [7, 11) is 0. The van der Waals surface area contributed by atoms with Crippen molar-refractivity contribution in [3.63, 3.8) is 0 Å². The number of para-hydroxylation sites is 1. The van der Waals surface area contributed by atoms with Crippen LogP contribution in [0.2, 0.25) is 0 Å². The van der Waals surface area contributed by atoms with Crippen molar-refractivity contribution in [2.24, 2.45) is 0 Å². The quantitative estimate of drug-likeness (QED) is 0.868. The molecule has 3 rings (SSSR count). The fraction of sp³-hybridized carbons (Fsp3) is 0.400. The Morgan fingerprint density at radius 2 is 1.72 bits per heavy atom. The van der Waals surface area contributed by atoms with E-state index in [2.05, 4.69) is 22.3 Å². The lowest BCUT2D eigenvalue weighted by Crippen LogP contribution is -2.47. The molecule has 0 radical (unpaired) electrons. The highest BCUT2D eigenvalue weighted by Crippen LogP contribution is 2.23. The molecular weight excluding hydrogens is 322 g/mol. The van der Waals surface area contributed by atoms with E-state index in [0.29, 0.717) is 11.6 Å². The third kappa shape index (κ3) is 4.35. The molecule has 0 aliphatic carbocycles. The second kappa shape index (κ2) is 7.93. The predicted octanol–water partition coefficient (Wildman–Crippen LogP) is 3.65. The molecule has 0 saturated carbocycles. The lowest BCUT2D eigenvalue weighted by Gasteiger charge is -2.36. The normalized spacial score (nSPS) is 18.2. The molecule has 0 aromatic heterocycles. The van der Waals surface area contributed by atoms with Gasteiger partial charge < -0.3 is 15.3 Å². The second-order valence-corrected chi connectivity index (χ2v) is 6.67. The summed E-state index contributed by atoms with van der Waals surface area (Å²) in [6.07, 6.45) is 1.08. The number of rotatable bonds is 5. The topological polar surface area (TPSA) is 35.5 Å². The van der Waals surface area contributed by atoms with Gasteiger partial charge in [-0.1, -0.05) is 24.3 Å². The molecular formula is C20H24F2N2O. The Morgan fingerprint density at radius 3 is 2.36 bits per heavy atom. The van der Waals surface area contributed by atoms with E-state index in [-0.39, 0.29) is 6.04 Å². The molecule has 1 aliphatic heterocycles. The van der Waals surface area contributed by atoms with E-state index in [4.69, 9.17) is 0 Å². The summed E-state index contributed by atoms with van der Waals surface area (Å²) in [6, 6.07) is 13.9. The molecule has 0 spiro atoms. The van der Waals surface area contributed by atoms with E-state index in [1.165, 1.54) is 11.8 Å². The number of benzene rings is 2. The smallest absolute Gasteiger partial charge is 0.159 e. The molecule has 0 amide bonds. The standard InChI is InChI=1S/C20H24F2N2O/c1-14(20(25)15-7-8-18(21)19(22)13-15)23-16-9-11-24(12-10-16)17-5-3-2-4-6-17/h2-8,13-14,16,20,23,25H,9-12H2,1H3. The molecule has 1 heterocycles. The predicted molar refractivity (Wildman–Crippen MR) is 95.6 cm³/mol. The van der Waals surface area contributed by atoms with Crippen LogP contribution < -0.4 is 10.2 Å². The lowest BCUT2D eigenvalue weighted by atomic mass is 9.99. The molecule has 3 nitrogen and oxygen atoms in total. The van der Waals surface area contributed by atoms with Gasteiger partial charge in [0, 0.05) is 30.9 Å². The molecule has 1 saturated heterocycles. The van der Waals surface area contributed by atoms with Crippen LogP contribution in [-0.4, -0.2) is 30.3 Å². The Balaban J connectivity index is 1.53. The largest absolute Gasteiger partial charge is 0.387 e. The van der Waals surface area contributed by atoms with Crippen LogP contribution >= 0.6 is 0 Å². The molecule has 134 valence electrons. The number of aliphatic hydroxyl groups excluding tert-OH is 1. The number of nitrogens with one attached hydrogen (secondary N) is 1. The molecule has 25 heavy (non-hydrogen) atoms. The van der Waals surface area contributed by atoms with Gasteiger partial charge in [0.15, 0.2) is 11.6 Å². The van der Waals surface area contributed by atoms with Crippen LogP contribution in [0.1, 0.15) is 31.4 Å². The van der Waals surface area contributed by atoms with Gasteiger partial charge in [-0.05, 0) is 49.6 Å². The van der Waals surface area contributed by atoms with Gasteiger partial charge in [0.05, 0.1) is 6.10 Å². The molecule has 2 aromatic carbocycles. The van der Waals surface area contributed by atoms with Crippen molar-refractivity contribution >= 4 is 5.69 Å². The fourth-order valence-electron chi connectivity index (χ4n) is 3.39. The molecule has 1 fully saturated rings. The molecule has 2 atom stereocenters. The van der Waals surface area contributed by atoms with Gasteiger partial charge in [0.25, 0.3) is 0 Å². The summed E-state index contributed by atoms with van der Waals surface area (Å²) in [6.45, 7) is 3.78. The third-order valence-electron chi connectivity index (χ3n) is 4.87. The maximum absolute atomic E-state index is 13.4. The molecule has 0 bridgehead atoms. The van der Waals surface area contributed by atoms with Crippen LogP contribution in [0.5, 0.6) is 0 Å². The summed E-state index contributed by atoms with van der Waals surface area (Å²) in [4.78, 5) is 2.36. The first-order chi connectivity index (χ1) is 12.0. The van der Waals surface area contributed by atoms with Crippen LogP contribution in [0.25, 0.3) is 0 Å². The average molecular weight is 346 g/mol. The maximum atomic E-state index is 13.4. The zero-order valence-electron chi connectivity index (χ0n) is 14.3. The highest BCUT2D eigenvalue weighted by atomic mass is 19.2. The molecule has 2 N–H and O–H groups in total. The zero-order chi connectivity index (χ0) is 17.8. The summed E-state index contributed by atoms with van der Waals surface area (Å²) < 4.78 is 26.4. The molecule has 2 aromatic rings. The number of halogens is 2. The minimum Gasteiger partial charge on any atom is -0.387 e. The number of hydrogen-bond donors (Lipinski definition) is 2. The van der Waals surface area contributed by atoms with E-state index in [1.807, 2.05) is 25.1 Å². The fourth-order valence-corrected chi connectivity index (χ4v) is 3.39. The SMILES string of the molecule is CC(NC1CCN(c2ccccc2)CC1)C(O)c1ccc(F)c(F)c1. The first-order valence-corrected chi connectivity index (χ1v) is 8.73. The minimum absolute atomic E-state index is 0.238. The van der Waals surface area contributed by atoms with Gasteiger partial charge in [0.2, 0.25) is 0 Å². The Hall–Kier alpha value is -1.98. The number of aliphatic hydroxyl groups is 1. The van der Waals surface area contributed by atoms with Crippen LogP contribution in [0, 0.1) is 11.6 Å². The van der Waals surface area contributed by atoms with Crippen molar-refractivity contribution < 1.29 is 13.9 Å². The summed E-state index contributed by atoms with van der Waals surface area (Å²) in [5, 5.41) is 13.8. The Labute approximate surface area is 147 Å². The van der Waals surface area contributed by atoms with Gasteiger partial charge in [-0.25, -0.2) is 8.78 Å². The van der Waals surface area contributed by atoms with E-state index in [1.54, 1.807) is 0 Å². The number of nitrogens with zero attached hydrogens (tertiary/aromatic N) is 1. The first kappa shape index (κ1) is 17.8. The van der Waals surface area contributed by atoms with Gasteiger partial charge in [-0.3, -0.25) is 0 Å². The Morgan fingerprint density at radius 1 is 1.04 bits per heavy atom. The second-order valence-electron chi connectivity index (χ2n) is 6.67. The van der Waals surface area contributed by atoms with Crippen molar-refractivity contribution in [2.45, 2.75) is 38.0 Å². The molecule has 5 heteroatoms. The van der Waals surface area contributed by atoms with Gasteiger partial charge >= 0.3 is 0 Å². The van der Waals surface area contributed by atoms with Crippen molar-refractivity contribution in [3.8, 4) is 0 Å². The van der Waals surface area contributed by atoms with Crippen LogP contribution in [0.4, 0.5) is 14.5 Å². The van der Waals surface area contributed by atoms with Crippen molar-refractivity contribution in [3.05, 3.63) is 65.7 Å². The lowest BCUT2D eigenvalue weighted by molar-refractivity contribution is 0.126. The van der Waals surface area contributed by atoms with Crippen LogP contribution in [0.15, 0.2) is 48.5 Å². The molecule has 2 unspecified atom stereocenters. The monoisotopic (exact) mass is 346 g/mol. The van der Waals surface area contributed by atoms with Gasteiger partial charge in [0.1, 0.15) is 0 Å². The van der Waals surface area contributed by atoms with Crippen molar-refractivity contribution in [1.29, 1.82) is 0 Å². The number of piperidine rings is 1. The summed E-state index contributed by atoms with van der Waals surface area (Å²) >= 11 is 0. The van der Waals surface area contributed by atoms with Crippen LogP contribution in [-0.2, 0) is 0 Å². The zero-order valence-corrected chi connectivity index (χ0v) is 14.3. The van der Waals surface area contributed by atoms with E-state index in [9.17, 15) is 13.9 Å². The van der Waals surface area contributed by atoms with Gasteiger partial charge in [-0.2, -0.15) is 0 Å². The Bertz CT molecular complexity index is 687. The third-order valence-corrected chi connectivity index (χ3v) is 4.87. The summed E-state index contributed by atoms with van der Waals surface area (Å²) in [5.74, 6) is -1.83. The maximum Gasteiger partial charge on any atom is 0.159 e. The van der Waals surface area contributed by atoms with E-state index >= 15 is 0 Å². The van der Waals surface area contributed by atoms with Crippen LogP contribution in [0.3, 0.4) is 0 Å². The van der Waals surface area contributed by atoms with E-state index < -0.39 is 17.7 Å².